The molecule has 0 heterocycles. The van der Waals surface area contributed by atoms with Crippen LogP contribution in [0.1, 0.15) is 6.42 Å². The number of hydrogen-bond donors (Lipinski definition) is 2. The normalized spacial score (nSPS) is 9.62. The highest BCUT2D eigenvalue weighted by atomic mass is 35.5. The summed E-state index contributed by atoms with van der Waals surface area (Å²) < 4.78 is 4.36. The van der Waals surface area contributed by atoms with Crippen LogP contribution in [0.25, 0.3) is 0 Å². The van der Waals surface area contributed by atoms with Crippen molar-refractivity contribution in [1.29, 1.82) is 0 Å². The smallest absolute Gasteiger partial charge is 0.315 e. The van der Waals surface area contributed by atoms with Gasteiger partial charge in [0.25, 0.3) is 0 Å². The third-order valence-electron chi connectivity index (χ3n) is 1.82. The summed E-state index contributed by atoms with van der Waals surface area (Å²) in [6, 6.07) is 4.66. The Morgan fingerprint density at radius 2 is 2.19 bits per heavy atom. The van der Waals surface area contributed by atoms with Crippen molar-refractivity contribution in [2.24, 2.45) is 0 Å². The minimum Gasteiger partial charge on any atom is -0.469 e. The summed E-state index contributed by atoms with van der Waals surface area (Å²) in [4.78, 5) is 22.1. The predicted octanol–water partition coefficient (Wildman–Crippen LogP) is 1.42. The summed E-state index contributed by atoms with van der Waals surface area (Å²) in [6.45, 7) is 0. The number of nitrogens with two attached hydrogens (primary N) is 1. The molecular formula is C10H11ClN2O3. The van der Waals surface area contributed by atoms with Crippen molar-refractivity contribution in [1.82, 2.24) is 0 Å². The molecule has 1 aromatic rings. The molecule has 1 rings (SSSR count). The molecule has 0 aromatic heterocycles. The third kappa shape index (κ3) is 3.43. The van der Waals surface area contributed by atoms with E-state index < -0.39 is 11.9 Å². The molecule has 0 atom stereocenters. The lowest BCUT2D eigenvalue weighted by molar-refractivity contribution is -0.142. The number of nitrogen functional groups attached to an aromatic ring is 1. The summed E-state index contributed by atoms with van der Waals surface area (Å²) in [5.74, 6) is -1.09. The van der Waals surface area contributed by atoms with Crippen LogP contribution in [0.4, 0.5) is 11.4 Å². The Labute approximate surface area is 97.5 Å². The summed E-state index contributed by atoms with van der Waals surface area (Å²) in [6.07, 6.45) is -0.349. The summed E-state index contributed by atoms with van der Waals surface area (Å²) in [5, 5.41) is 2.95. The third-order valence-corrected chi connectivity index (χ3v) is 2.06. The molecule has 0 fully saturated rings. The van der Waals surface area contributed by atoms with E-state index >= 15 is 0 Å². The van der Waals surface area contributed by atoms with E-state index in [1.54, 1.807) is 12.1 Å². The Hall–Kier alpha value is -1.75. The number of esters is 1. The van der Waals surface area contributed by atoms with Crippen LogP contribution in [-0.4, -0.2) is 19.0 Å². The molecule has 1 amide bonds. The Balaban J connectivity index is 2.66. The largest absolute Gasteiger partial charge is 0.469 e. The number of ether oxygens (including phenoxy) is 1. The van der Waals surface area contributed by atoms with Gasteiger partial charge in [0.15, 0.2) is 0 Å². The molecule has 6 heteroatoms. The van der Waals surface area contributed by atoms with Gasteiger partial charge in [-0.2, -0.15) is 0 Å². The van der Waals surface area contributed by atoms with E-state index in [-0.39, 0.29) is 6.42 Å². The molecule has 0 aliphatic rings. The van der Waals surface area contributed by atoms with Crippen LogP contribution < -0.4 is 11.1 Å². The highest BCUT2D eigenvalue weighted by Crippen LogP contribution is 2.22. The van der Waals surface area contributed by atoms with Gasteiger partial charge in [0, 0.05) is 5.02 Å². The predicted molar refractivity (Wildman–Crippen MR) is 61.1 cm³/mol. The maximum Gasteiger partial charge on any atom is 0.315 e. The Morgan fingerprint density at radius 1 is 1.50 bits per heavy atom. The Bertz CT molecular complexity index is 421. The maximum absolute atomic E-state index is 11.3. The second-order valence-electron chi connectivity index (χ2n) is 3.03. The molecule has 3 N–H and O–H groups in total. The summed E-state index contributed by atoms with van der Waals surface area (Å²) in [7, 11) is 1.21. The van der Waals surface area contributed by atoms with E-state index in [4.69, 9.17) is 17.3 Å². The van der Waals surface area contributed by atoms with Gasteiger partial charge >= 0.3 is 5.97 Å². The molecule has 0 aliphatic carbocycles. The van der Waals surface area contributed by atoms with Crippen LogP contribution in [0.15, 0.2) is 18.2 Å². The van der Waals surface area contributed by atoms with Gasteiger partial charge < -0.3 is 15.8 Å². The molecule has 0 bridgehead atoms. The number of nitrogens with one attached hydrogen (secondary N) is 1. The molecule has 86 valence electrons. The van der Waals surface area contributed by atoms with Crippen LogP contribution >= 0.6 is 11.6 Å². The average Bonchev–Trinajstić information content (AvgIpc) is 2.22. The molecule has 16 heavy (non-hydrogen) atoms. The second kappa shape index (κ2) is 5.37. The highest BCUT2D eigenvalue weighted by Gasteiger charge is 2.10. The fourth-order valence-electron chi connectivity index (χ4n) is 1.05. The zero-order valence-electron chi connectivity index (χ0n) is 8.62. The molecule has 0 spiro atoms. The number of benzene rings is 1. The first-order chi connectivity index (χ1) is 7.52. The van der Waals surface area contributed by atoms with E-state index in [0.717, 1.165) is 0 Å². The van der Waals surface area contributed by atoms with Gasteiger partial charge in [-0.15, -0.1) is 0 Å². The molecule has 0 unspecified atom stereocenters. The standard InChI is InChI=1S/C10H11ClN2O3/c1-16-10(15)5-9(14)13-8-3-2-6(11)4-7(8)12/h2-4H,5,12H2,1H3,(H,13,14). The molecule has 0 radical (unpaired) electrons. The average molecular weight is 243 g/mol. The molecule has 0 saturated carbocycles. The summed E-state index contributed by atoms with van der Waals surface area (Å²) in [5.41, 5.74) is 6.37. The van der Waals surface area contributed by atoms with Crippen LogP contribution in [-0.2, 0) is 14.3 Å². The number of hydrogen-bond acceptors (Lipinski definition) is 4. The van der Waals surface area contributed by atoms with E-state index in [9.17, 15) is 9.59 Å². The van der Waals surface area contributed by atoms with Crippen LogP contribution in [0.5, 0.6) is 0 Å². The maximum atomic E-state index is 11.3. The minimum absolute atomic E-state index is 0.339. The minimum atomic E-state index is -0.606. The zero-order valence-corrected chi connectivity index (χ0v) is 9.38. The van der Waals surface area contributed by atoms with Crippen molar-refractivity contribution in [2.45, 2.75) is 6.42 Å². The van der Waals surface area contributed by atoms with Crippen molar-refractivity contribution in [3.63, 3.8) is 0 Å². The van der Waals surface area contributed by atoms with Gasteiger partial charge in [-0.3, -0.25) is 9.59 Å². The van der Waals surface area contributed by atoms with Gasteiger partial charge in [-0.25, -0.2) is 0 Å². The van der Waals surface area contributed by atoms with Crippen molar-refractivity contribution >= 4 is 34.9 Å². The van der Waals surface area contributed by atoms with Crippen molar-refractivity contribution < 1.29 is 14.3 Å². The van der Waals surface area contributed by atoms with Crippen LogP contribution in [0.3, 0.4) is 0 Å². The molecule has 5 nitrogen and oxygen atoms in total. The number of anilines is 2. The number of rotatable bonds is 3. The first kappa shape index (κ1) is 12.3. The fraction of sp³-hybridized carbons (Fsp3) is 0.200. The van der Waals surface area contributed by atoms with Gasteiger partial charge in [-0.1, -0.05) is 11.6 Å². The SMILES string of the molecule is COC(=O)CC(=O)Nc1ccc(Cl)cc1N. The van der Waals surface area contributed by atoms with Gasteiger partial charge in [0.1, 0.15) is 6.42 Å². The lowest BCUT2D eigenvalue weighted by Gasteiger charge is -2.07. The van der Waals surface area contributed by atoms with E-state index in [1.807, 2.05) is 0 Å². The Kier molecular flexibility index (Phi) is 4.13. The first-order valence-corrected chi connectivity index (χ1v) is 4.82. The number of carbonyl (C=O) groups excluding carboxylic acids is 2. The zero-order chi connectivity index (χ0) is 12.1. The molecule has 0 aliphatic heterocycles. The van der Waals surface area contributed by atoms with Crippen molar-refractivity contribution in [2.75, 3.05) is 18.2 Å². The monoisotopic (exact) mass is 242 g/mol. The summed E-state index contributed by atoms with van der Waals surface area (Å²) >= 11 is 5.69. The Morgan fingerprint density at radius 3 is 2.75 bits per heavy atom. The van der Waals surface area contributed by atoms with Crippen molar-refractivity contribution in [3.8, 4) is 0 Å². The fourth-order valence-corrected chi connectivity index (χ4v) is 1.23. The first-order valence-electron chi connectivity index (χ1n) is 4.44. The highest BCUT2D eigenvalue weighted by molar-refractivity contribution is 6.31. The molecule has 0 saturated heterocycles. The van der Waals surface area contributed by atoms with Gasteiger partial charge in [-0.05, 0) is 18.2 Å². The molecule has 1 aromatic carbocycles. The topological polar surface area (TPSA) is 81.4 Å². The van der Waals surface area contributed by atoms with Crippen molar-refractivity contribution in [3.05, 3.63) is 23.2 Å². The lowest BCUT2D eigenvalue weighted by Crippen LogP contribution is -2.17. The quantitative estimate of drug-likeness (QED) is 0.477. The van der Waals surface area contributed by atoms with E-state index in [0.29, 0.717) is 16.4 Å². The van der Waals surface area contributed by atoms with E-state index in [1.165, 1.54) is 13.2 Å². The number of halogens is 1. The van der Waals surface area contributed by atoms with E-state index in [2.05, 4.69) is 10.1 Å². The van der Waals surface area contributed by atoms with Crippen LogP contribution in [0.2, 0.25) is 5.02 Å². The lowest BCUT2D eigenvalue weighted by atomic mass is 10.2. The van der Waals surface area contributed by atoms with Crippen LogP contribution in [0, 0.1) is 0 Å². The van der Waals surface area contributed by atoms with Gasteiger partial charge in [0.2, 0.25) is 5.91 Å². The second-order valence-corrected chi connectivity index (χ2v) is 3.47. The molecular weight excluding hydrogens is 232 g/mol. The number of carbonyl (C=O) groups is 2. The number of amides is 1. The van der Waals surface area contributed by atoms with Gasteiger partial charge in [0.05, 0.1) is 18.5 Å². The number of methoxy groups -OCH3 is 1.